The Hall–Kier alpha value is -3.19. The highest BCUT2D eigenvalue weighted by Gasteiger charge is 2.28. The zero-order valence-electron chi connectivity index (χ0n) is 17.4. The van der Waals surface area contributed by atoms with Crippen molar-refractivity contribution in [1.82, 2.24) is 19.9 Å². The number of rotatable bonds is 6. The fourth-order valence-electron chi connectivity index (χ4n) is 3.80. The van der Waals surface area contributed by atoms with Crippen LogP contribution < -0.4 is 5.32 Å². The predicted molar refractivity (Wildman–Crippen MR) is 115 cm³/mol. The fourth-order valence-corrected chi connectivity index (χ4v) is 3.80. The van der Waals surface area contributed by atoms with Crippen molar-refractivity contribution < 1.29 is 9.53 Å². The van der Waals surface area contributed by atoms with Gasteiger partial charge in [0.25, 0.3) is 0 Å². The standard InChI is InChI=1S/C23H27N5O2/c1-17-10-18(2)12-20(11-17)24-23(29)27-9-8-22(14-27)28-13-21(25-26-28)16-30-15-19-6-4-3-5-7-19/h3-7,10-13,22H,8-9,14-16H2,1-2H3,(H,24,29). The number of nitrogens with one attached hydrogen (secondary N) is 1. The quantitative estimate of drug-likeness (QED) is 0.670. The van der Waals surface area contributed by atoms with Gasteiger partial charge in [-0.3, -0.25) is 0 Å². The number of nitrogens with zero attached hydrogens (tertiary/aromatic N) is 4. The molecule has 2 amide bonds. The van der Waals surface area contributed by atoms with Crippen molar-refractivity contribution in [3.8, 4) is 0 Å². The van der Waals surface area contributed by atoms with Gasteiger partial charge in [0.2, 0.25) is 0 Å². The molecule has 4 rings (SSSR count). The Kier molecular flexibility index (Phi) is 6.09. The zero-order valence-corrected chi connectivity index (χ0v) is 17.4. The molecule has 1 saturated heterocycles. The van der Waals surface area contributed by atoms with Crippen molar-refractivity contribution in [2.75, 3.05) is 18.4 Å². The number of ether oxygens (including phenoxy) is 1. The summed E-state index contributed by atoms with van der Waals surface area (Å²) in [5.74, 6) is 0. The van der Waals surface area contributed by atoms with Crippen molar-refractivity contribution in [2.45, 2.75) is 39.5 Å². The molecule has 1 aliphatic rings. The molecule has 0 radical (unpaired) electrons. The van der Waals surface area contributed by atoms with E-state index in [4.69, 9.17) is 4.74 Å². The number of hydrogen-bond donors (Lipinski definition) is 1. The summed E-state index contributed by atoms with van der Waals surface area (Å²) in [6, 6.07) is 16.2. The lowest BCUT2D eigenvalue weighted by Gasteiger charge is -2.18. The van der Waals surface area contributed by atoms with Crippen LogP contribution in [0.3, 0.4) is 0 Å². The Balaban J connectivity index is 1.28. The molecule has 156 valence electrons. The molecule has 3 aromatic rings. The third-order valence-electron chi connectivity index (χ3n) is 5.22. The summed E-state index contributed by atoms with van der Waals surface area (Å²) in [7, 11) is 0. The lowest BCUT2D eigenvalue weighted by Crippen LogP contribution is -2.33. The van der Waals surface area contributed by atoms with Crippen molar-refractivity contribution >= 4 is 11.7 Å². The number of benzene rings is 2. The number of anilines is 1. The molecular formula is C23H27N5O2. The Morgan fingerprint density at radius 2 is 1.90 bits per heavy atom. The van der Waals surface area contributed by atoms with E-state index in [2.05, 4.69) is 21.7 Å². The van der Waals surface area contributed by atoms with E-state index in [1.54, 1.807) is 0 Å². The Labute approximate surface area is 176 Å². The van der Waals surface area contributed by atoms with E-state index < -0.39 is 0 Å². The minimum atomic E-state index is -0.0750. The summed E-state index contributed by atoms with van der Waals surface area (Å²) in [5, 5.41) is 11.5. The second kappa shape index (κ2) is 9.09. The fraction of sp³-hybridized carbons (Fsp3) is 0.348. The maximum absolute atomic E-state index is 12.6. The van der Waals surface area contributed by atoms with Crippen LogP contribution in [0.25, 0.3) is 0 Å². The topological polar surface area (TPSA) is 72.3 Å². The third-order valence-corrected chi connectivity index (χ3v) is 5.22. The summed E-state index contributed by atoms with van der Waals surface area (Å²) in [4.78, 5) is 14.5. The number of hydrogen-bond acceptors (Lipinski definition) is 4. The first-order chi connectivity index (χ1) is 14.6. The molecule has 1 atom stereocenters. The summed E-state index contributed by atoms with van der Waals surface area (Å²) in [5.41, 5.74) is 5.03. The Morgan fingerprint density at radius 3 is 2.67 bits per heavy atom. The number of aromatic nitrogens is 3. The highest BCUT2D eigenvalue weighted by Crippen LogP contribution is 2.22. The molecule has 30 heavy (non-hydrogen) atoms. The van der Waals surface area contributed by atoms with Crippen molar-refractivity contribution in [3.63, 3.8) is 0 Å². The second-order valence-electron chi connectivity index (χ2n) is 7.86. The number of amides is 2. The van der Waals surface area contributed by atoms with E-state index >= 15 is 0 Å². The number of aryl methyl sites for hydroxylation is 2. The summed E-state index contributed by atoms with van der Waals surface area (Å²) < 4.78 is 7.59. The van der Waals surface area contributed by atoms with Crippen molar-refractivity contribution in [3.05, 3.63) is 77.1 Å². The van der Waals surface area contributed by atoms with Gasteiger partial charge < -0.3 is 15.0 Å². The van der Waals surface area contributed by atoms with Gasteiger partial charge in [-0.05, 0) is 49.1 Å². The van der Waals surface area contributed by atoms with Gasteiger partial charge in [-0.25, -0.2) is 9.48 Å². The van der Waals surface area contributed by atoms with E-state index in [0.717, 1.165) is 34.5 Å². The van der Waals surface area contributed by atoms with Crippen LogP contribution in [0.1, 0.15) is 34.8 Å². The van der Waals surface area contributed by atoms with Gasteiger partial charge in [-0.1, -0.05) is 41.6 Å². The first-order valence-corrected chi connectivity index (χ1v) is 10.2. The van der Waals surface area contributed by atoms with Crippen LogP contribution in [0, 0.1) is 13.8 Å². The number of carbonyl (C=O) groups excluding carboxylic acids is 1. The first kappa shape index (κ1) is 20.1. The Bertz CT molecular complexity index is 982. The molecule has 0 bridgehead atoms. The largest absolute Gasteiger partial charge is 0.370 e. The first-order valence-electron chi connectivity index (χ1n) is 10.2. The number of carbonyl (C=O) groups is 1. The van der Waals surface area contributed by atoms with Gasteiger partial charge in [0.1, 0.15) is 5.69 Å². The maximum Gasteiger partial charge on any atom is 0.321 e. The van der Waals surface area contributed by atoms with E-state index in [9.17, 15) is 4.79 Å². The van der Waals surface area contributed by atoms with Gasteiger partial charge in [0.05, 0.1) is 25.5 Å². The molecule has 0 aliphatic carbocycles. The average molecular weight is 406 g/mol. The monoisotopic (exact) mass is 405 g/mol. The van der Waals surface area contributed by atoms with Gasteiger partial charge in [0, 0.05) is 18.8 Å². The Morgan fingerprint density at radius 1 is 1.13 bits per heavy atom. The minimum absolute atomic E-state index is 0.0750. The molecule has 1 aliphatic heterocycles. The average Bonchev–Trinajstić information content (AvgIpc) is 3.37. The van der Waals surface area contributed by atoms with E-state index in [1.807, 2.05) is 72.1 Å². The highest BCUT2D eigenvalue weighted by molar-refractivity contribution is 5.89. The number of urea groups is 1. The lowest BCUT2D eigenvalue weighted by atomic mass is 10.1. The molecule has 7 heteroatoms. The van der Waals surface area contributed by atoms with E-state index in [1.165, 1.54) is 0 Å². The van der Waals surface area contributed by atoms with Crippen LogP contribution in [0.2, 0.25) is 0 Å². The summed E-state index contributed by atoms with van der Waals surface area (Å²) in [6.07, 6.45) is 2.77. The van der Waals surface area contributed by atoms with Crippen LogP contribution in [-0.2, 0) is 18.0 Å². The molecule has 2 aromatic carbocycles. The van der Waals surface area contributed by atoms with Crippen molar-refractivity contribution in [2.24, 2.45) is 0 Å². The van der Waals surface area contributed by atoms with Crippen LogP contribution in [0.4, 0.5) is 10.5 Å². The lowest BCUT2D eigenvalue weighted by molar-refractivity contribution is 0.104. The molecule has 1 unspecified atom stereocenters. The smallest absolute Gasteiger partial charge is 0.321 e. The molecule has 1 aromatic heterocycles. The molecule has 1 fully saturated rings. The molecule has 2 heterocycles. The second-order valence-corrected chi connectivity index (χ2v) is 7.86. The maximum atomic E-state index is 12.6. The summed E-state index contributed by atoms with van der Waals surface area (Å²) in [6.45, 7) is 6.33. The van der Waals surface area contributed by atoms with E-state index in [0.29, 0.717) is 26.3 Å². The molecule has 0 spiro atoms. The van der Waals surface area contributed by atoms with Crippen LogP contribution in [0.5, 0.6) is 0 Å². The normalized spacial score (nSPS) is 16.1. The molecular weight excluding hydrogens is 378 g/mol. The predicted octanol–water partition coefficient (Wildman–Crippen LogP) is 4.09. The highest BCUT2D eigenvalue weighted by atomic mass is 16.5. The number of likely N-dealkylation sites (tertiary alicyclic amines) is 1. The molecule has 7 nitrogen and oxygen atoms in total. The van der Waals surface area contributed by atoms with Gasteiger partial charge in [-0.2, -0.15) is 0 Å². The van der Waals surface area contributed by atoms with E-state index in [-0.39, 0.29) is 12.1 Å². The van der Waals surface area contributed by atoms with Gasteiger partial charge in [0.15, 0.2) is 0 Å². The minimum Gasteiger partial charge on any atom is -0.370 e. The van der Waals surface area contributed by atoms with Crippen molar-refractivity contribution in [1.29, 1.82) is 0 Å². The van der Waals surface area contributed by atoms with Crippen LogP contribution in [0.15, 0.2) is 54.7 Å². The van der Waals surface area contributed by atoms with Crippen LogP contribution >= 0.6 is 0 Å². The molecule has 1 N–H and O–H groups in total. The third kappa shape index (κ3) is 5.04. The summed E-state index contributed by atoms with van der Waals surface area (Å²) >= 11 is 0. The van der Waals surface area contributed by atoms with Gasteiger partial charge >= 0.3 is 6.03 Å². The zero-order chi connectivity index (χ0) is 20.9. The van der Waals surface area contributed by atoms with Gasteiger partial charge in [-0.15, -0.1) is 5.10 Å². The molecule has 0 saturated carbocycles. The van der Waals surface area contributed by atoms with Crippen LogP contribution in [-0.4, -0.2) is 39.0 Å². The SMILES string of the molecule is Cc1cc(C)cc(NC(=O)N2CCC(n3cc(COCc4ccccc4)nn3)C2)c1.